The quantitative estimate of drug-likeness (QED) is 0.777. The molecule has 2 rings (SSSR count). The van der Waals surface area contributed by atoms with E-state index >= 15 is 0 Å². The first-order valence-corrected chi connectivity index (χ1v) is 6.65. The molecular formula is C15H21N3O. The molecule has 1 aromatic heterocycles. The van der Waals surface area contributed by atoms with Gasteiger partial charge in [-0.25, -0.2) is 4.98 Å². The number of aryl methyl sites for hydroxylation is 1. The number of aromatic nitrogens is 2. The number of imidazole rings is 1. The highest BCUT2D eigenvalue weighted by atomic mass is 16.5. The largest absolute Gasteiger partial charge is 0.494 e. The normalized spacial score (nSPS) is 12.3. The number of nitrogens with zero attached hydrogens (tertiary/aromatic N) is 2. The van der Waals surface area contributed by atoms with Crippen molar-refractivity contribution in [3.8, 4) is 5.75 Å². The molecule has 0 aliphatic heterocycles. The van der Waals surface area contributed by atoms with E-state index in [0.717, 1.165) is 25.3 Å². The maximum atomic E-state index is 5.78. The van der Waals surface area contributed by atoms with Gasteiger partial charge in [0, 0.05) is 25.0 Å². The molecule has 0 amide bonds. The summed E-state index contributed by atoms with van der Waals surface area (Å²) in [4.78, 5) is 4.01. The Labute approximate surface area is 114 Å². The summed E-state index contributed by atoms with van der Waals surface area (Å²) in [7, 11) is 1.96. The second-order valence-electron chi connectivity index (χ2n) is 4.59. The number of hydrogen-bond acceptors (Lipinski definition) is 3. The van der Waals surface area contributed by atoms with Crippen molar-refractivity contribution < 1.29 is 4.74 Å². The SMILES string of the molecule is CNC(C)c1cccc(OCCCn2ccnc2)c1. The molecule has 1 atom stereocenters. The number of benzene rings is 1. The molecule has 1 aromatic carbocycles. The van der Waals surface area contributed by atoms with Crippen molar-refractivity contribution in [3.63, 3.8) is 0 Å². The van der Waals surface area contributed by atoms with Crippen LogP contribution in [-0.2, 0) is 6.54 Å². The average Bonchev–Trinajstić information content (AvgIpc) is 2.96. The Morgan fingerprint density at radius 1 is 1.42 bits per heavy atom. The standard InChI is InChI=1S/C15H21N3O/c1-13(16-2)14-5-3-6-15(11-14)19-10-4-8-18-9-7-17-12-18/h3,5-7,9,11-13,16H,4,8,10H2,1-2H3. The van der Waals surface area contributed by atoms with Crippen molar-refractivity contribution in [3.05, 3.63) is 48.5 Å². The highest BCUT2D eigenvalue weighted by Crippen LogP contribution is 2.18. The van der Waals surface area contributed by atoms with Crippen molar-refractivity contribution in [1.29, 1.82) is 0 Å². The van der Waals surface area contributed by atoms with Crippen molar-refractivity contribution in [1.82, 2.24) is 14.9 Å². The molecular weight excluding hydrogens is 238 g/mol. The molecule has 0 fully saturated rings. The number of hydrogen-bond donors (Lipinski definition) is 1. The summed E-state index contributed by atoms with van der Waals surface area (Å²) in [5.41, 5.74) is 1.25. The van der Waals surface area contributed by atoms with E-state index in [-0.39, 0.29) is 0 Å². The molecule has 0 saturated heterocycles. The van der Waals surface area contributed by atoms with Crippen LogP contribution in [-0.4, -0.2) is 23.2 Å². The summed E-state index contributed by atoms with van der Waals surface area (Å²) in [6.07, 6.45) is 6.57. The molecule has 0 bridgehead atoms. The smallest absolute Gasteiger partial charge is 0.119 e. The fourth-order valence-corrected chi connectivity index (χ4v) is 1.90. The molecule has 4 heteroatoms. The van der Waals surface area contributed by atoms with E-state index in [9.17, 15) is 0 Å². The lowest BCUT2D eigenvalue weighted by atomic mass is 10.1. The summed E-state index contributed by atoms with van der Waals surface area (Å²) in [5, 5.41) is 3.23. The van der Waals surface area contributed by atoms with Gasteiger partial charge in [0.15, 0.2) is 0 Å². The van der Waals surface area contributed by atoms with Gasteiger partial charge < -0.3 is 14.6 Å². The summed E-state index contributed by atoms with van der Waals surface area (Å²) in [6, 6.07) is 8.59. The topological polar surface area (TPSA) is 39.1 Å². The minimum atomic E-state index is 0.342. The Morgan fingerprint density at radius 2 is 2.32 bits per heavy atom. The maximum Gasteiger partial charge on any atom is 0.119 e. The zero-order valence-electron chi connectivity index (χ0n) is 11.5. The van der Waals surface area contributed by atoms with Gasteiger partial charge >= 0.3 is 0 Å². The Balaban J connectivity index is 1.79. The van der Waals surface area contributed by atoms with Crippen LogP contribution in [0.25, 0.3) is 0 Å². The molecule has 1 unspecified atom stereocenters. The molecule has 1 N–H and O–H groups in total. The van der Waals surface area contributed by atoms with Crippen LogP contribution in [0.4, 0.5) is 0 Å². The maximum absolute atomic E-state index is 5.78. The third-order valence-electron chi connectivity index (χ3n) is 3.18. The third kappa shape index (κ3) is 4.10. The molecule has 0 aliphatic rings. The van der Waals surface area contributed by atoms with Gasteiger partial charge in [-0.05, 0) is 38.1 Å². The van der Waals surface area contributed by atoms with Gasteiger partial charge in [0.05, 0.1) is 12.9 Å². The summed E-state index contributed by atoms with van der Waals surface area (Å²) in [5.74, 6) is 0.935. The monoisotopic (exact) mass is 259 g/mol. The van der Waals surface area contributed by atoms with Gasteiger partial charge in [-0.3, -0.25) is 0 Å². The molecule has 1 heterocycles. The Hall–Kier alpha value is -1.81. The van der Waals surface area contributed by atoms with E-state index in [2.05, 4.69) is 33.9 Å². The Kier molecular flexibility index (Phi) is 4.98. The molecule has 2 aromatic rings. The molecule has 0 spiro atoms. The first kappa shape index (κ1) is 13.6. The van der Waals surface area contributed by atoms with Gasteiger partial charge in [0.2, 0.25) is 0 Å². The van der Waals surface area contributed by atoms with E-state index in [0.29, 0.717) is 6.04 Å². The van der Waals surface area contributed by atoms with Crippen LogP contribution in [0.1, 0.15) is 24.9 Å². The zero-order valence-corrected chi connectivity index (χ0v) is 11.5. The van der Waals surface area contributed by atoms with Gasteiger partial charge in [-0.2, -0.15) is 0 Å². The molecule has 0 aliphatic carbocycles. The summed E-state index contributed by atoms with van der Waals surface area (Å²) in [6.45, 7) is 3.79. The van der Waals surface area contributed by atoms with Crippen LogP contribution in [0.15, 0.2) is 43.0 Å². The van der Waals surface area contributed by atoms with Crippen LogP contribution < -0.4 is 10.1 Å². The molecule has 0 saturated carbocycles. The molecule has 19 heavy (non-hydrogen) atoms. The van der Waals surface area contributed by atoms with Crippen LogP contribution >= 0.6 is 0 Å². The first-order chi connectivity index (χ1) is 9.29. The van der Waals surface area contributed by atoms with Gasteiger partial charge in [0.1, 0.15) is 5.75 Å². The van der Waals surface area contributed by atoms with E-state index in [1.165, 1.54) is 5.56 Å². The lowest BCUT2D eigenvalue weighted by molar-refractivity contribution is 0.301. The van der Waals surface area contributed by atoms with E-state index < -0.39 is 0 Å². The Bertz CT molecular complexity index is 482. The van der Waals surface area contributed by atoms with Gasteiger partial charge in [0.25, 0.3) is 0 Å². The first-order valence-electron chi connectivity index (χ1n) is 6.65. The Morgan fingerprint density at radius 3 is 3.05 bits per heavy atom. The number of ether oxygens (including phenoxy) is 1. The number of rotatable bonds is 7. The predicted octanol–water partition coefficient (Wildman–Crippen LogP) is 2.63. The molecule has 0 radical (unpaired) electrons. The van der Waals surface area contributed by atoms with Crippen LogP contribution in [0.2, 0.25) is 0 Å². The zero-order chi connectivity index (χ0) is 13.5. The second-order valence-corrected chi connectivity index (χ2v) is 4.59. The fourth-order valence-electron chi connectivity index (χ4n) is 1.90. The van der Waals surface area contributed by atoms with E-state index in [4.69, 9.17) is 4.74 Å². The third-order valence-corrected chi connectivity index (χ3v) is 3.18. The van der Waals surface area contributed by atoms with Crippen molar-refractivity contribution in [2.75, 3.05) is 13.7 Å². The number of nitrogens with one attached hydrogen (secondary N) is 1. The highest BCUT2D eigenvalue weighted by Gasteiger charge is 2.03. The van der Waals surface area contributed by atoms with Crippen LogP contribution in [0.3, 0.4) is 0 Å². The predicted molar refractivity (Wildman–Crippen MR) is 76.3 cm³/mol. The molecule has 102 valence electrons. The summed E-state index contributed by atoms with van der Waals surface area (Å²) < 4.78 is 7.84. The second kappa shape index (κ2) is 6.95. The lowest BCUT2D eigenvalue weighted by Gasteiger charge is -2.12. The fraction of sp³-hybridized carbons (Fsp3) is 0.400. The van der Waals surface area contributed by atoms with E-state index in [1.54, 1.807) is 6.20 Å². The van der Waals surface area contributed by atoms with Gasteiger partial charge in [-0.1, -0.05) is 12.1 Å². The molecule has 4 nitrogen and oxygen atoms in total. The lowest BCUT2D eigenvalue weighted by Crippen LogP contribution is -2.12. The van der Waals surface area contributed by atoms with Gasteiger partial charge in [-0.15, -0.1) is 0 Å². The van der Waals surface area contributed by atoms with Crippen molar-refractivity contribution >= 4 is 0 Å². The minimum Gasteiger partial charge on any atom is -0.494 e. The average molecular weight is 259 g/mol. The summed E-state index contributed by atoms with van der Waals surface area (Å²) >= 11 is 0. The minimum absolute atomic E-state index is 0.342. The van der Waals surface area contributed by atoms with E-state index in [1.807, 2.05) is 31.7 Å². The van der Waals surface area contributed by atoms with Crippen LogP contribution in [0.5, 0.6) is 5.75 Å². The van der Waals surface area contributed by atoms with Crippen LogP contribution in [0, 0.1) is 0 Å². The van der Waals surface area contributed by atoms with Crippen molar-refractivity contribution in [2.24, 2.45) is 0 Å². The highest BCUT2D eigenvalue weighted by molar-refractivity contribution is 5.30. The van der Waals surface area contributed by atoms with Crippen molar-refractivity contribution in [2.45, 2.75) is 25.9 Å².